The third-order valence-corrected chi connectivity index (χ3v) is 6.70. The van der Waals surface area contributed by atoms with Crippen molar-refractivity contribution in [3.05, 3.63) is 24.3 Å². The zero-order valence-corrected chi connectivity index (χ0v) is 15.9. The van der Waals surface area contributed by atoms with Gasteiger partial charge >= 0.3 is 5.97 Å². The van der Waals surface area contributed by atoms with E-state index in [2.05, 4.69) is 9.80 Å². The monoisotopic (exact) mass is 366 g/mol. The molecule has 3 aliphatic rings. The summed E-state index contributed by atoms with van der Waals surface area (Å²) in [6.07, 6.45) is 5.51. The van der Waals surface area contributed by atoms with Gasteiger partial charge in [-0.25, -0.2) is 9.97 Å². The largest absolute Gasteiger partial charge is 0.469 e. The van der Waals surface area contributed by atoms with Crippen molar-refractivity contribution in [2.75, 3.05) is 43.1 Å². The highest BCUT2D eigenvalue weighted by Crippen LogP contribution is 2.51. The van der Waals surface area contributed by atoms with Crippen LogP contribution in [-0.4, -0.2) is 49.2 Å². The Morgan fingerprint density at radius 1 is 1.07 bits per heavy atom. The number of ether oxygens (including phenoxy) is 1. The number of hydrogen-bond donors (Lipinski definition) is 0. The van der Waals surface area contributed by atoms with Crippen molar-refractivity contribution >= 4 is 28.6 Å². The minimum atomic E-state index is -0.371. The van der Waals surface area contributed by atoms with Crippen molar-refractivity contribution in [1.82, 2.24) is 9.97 Å². The van der Waals surface area contributed by atoms with Gasteiger partial charge in [0.1, 0.15) is 0 Å². The van der Waals surface area contributed by atoms with Gasteiger partial charge in [0.25, 0.3) is 0 Å². The van der Waals surface area contributed by atoms with Gasteiger partial charge in [0.2, 0.25) is 0 Å². The quantitative estimate of drug-likeness (QED) is 0.779. The lowest BCUT2D eigenvalue weighted by atomic mass is 9.81. The standard InChI is InChI=1S/C21H26N4O2/c1-27-20(26)21-10-6-7-15(21)13-25(14-21)19-18(24-11-4-5-12-24)22-16-8-2-3-9-17(16)23-19/h2-3,8-9,15H,4-7,10-14H2,1H3. The number of rotatable bonds is 3. The van der Waals surface area contributed by atoms with Crippen LogP contribution < -0.4 is 9.80 Å². The molecular weight excluding hydrogens is 340 g/mol. The van der Waals surface area contributed by atoms with Gasteiger partial charge in [0.05, 0.1) is 23.6 Å². The van der Waals surface area contributed by atoms with Crippen LogP contribution >= 0.6 is 0 Å². The third-order valence-electron chi connectivity index (χ3n) is 6.70. The Balaban J connectivity index is 1.58. The topological polar surface area (TPSA) is 58.6 Å². The van der Waals surface area contributed by atoms with Gasteiger partial charge in [0, 0.05) is 26.2 Å². The van der Waals surface area contributed by atoms with Gasteiger partial charge in [-0.2, -0.15) is 0 Å². The summed E-state index contributed by atoms with van der Waals surface area (Å²) in [6.45, 7) is 3.61. The highest BCUT2D eigenvalue weighted by molar-refractivity contribution is 5.83. The van der Waals surface area contributed by atoms with Crippen molar-refractivity contribution < 1.29 is 9.53 Å². The van der Waals surface area contributed by atoms with E-state index >= 15 is 0 Å². The molecule has 0 bridgehead atoms. The number of methoxy groups -OCH3 is 1. The van der Waals surface area contributed by atoms with Crippen molar-refractivity contribution in [2.45, 2.75) is 32.1 Å². The summed E-state index contributed by atoms with van der Waals surface area (Å²) >= 11 is 0. The first-order valence-corrected chi connectivity index (χ1v) is 10.1. The first kappa shape index (κ1) is 16.8. The predicted molar refractivity (Wildman–Crippen MR) is 105 cm³/mol. The lowest BCUT2D eigenvalue weighted by Crippen LogP contribution is -2.37. The molecule has 2 aromatic rings. The summed E-state index contributed by atoms with van der Waals surface area (Å²) in [5, 5.41) is 0. The van der Waals surface area contributed by atoms with Crippen LogP contribution in [0.2, 0.25) is 0 Å². The Morgan fingerprint density at radius 3 is 2.41 bits per heavy atom. The SMILES string of the molecule is COC(=O)C12CCCC1CN(c1nc3ccccc3nc1N1CCCC1)C2. The second-order valence-corrected chi connectivity index (χ2v) is 8.17. The third kappa shape index (κ3) is 2.57. The van der Waals surface area contributed by atoms with Crippen LogP contribution in [0, 0.1) is 11.3 Å². The number of hydrogen-bond acceptors (Lipinski definition) is 6. The molecule has 27 heavy (non-hydrogen) atoms. The van der Waals surface area contributed by atoms with E-state index in [0.717, 1.165) is 61.6 Å². The lowest BCUT2D eigenvalue weighted by molar-refractivity contribution is -0.152. The molecule has 2 saturated heterocycles. The molecule has 5 rings (SSSR count). The van der Waals surface area contributed by atoms with E-state index in [-0.39, 0.29) is 11.4 Å². The van der Waals surface area contributed by atoms with Crippen molar-refractivity contribution in [1.29, 1.82) is 0 Å². The fourth-order valence-corrected chi connectivity index (χ4v) is 5.32. The first-order valence-electron chi connectivity index (χ1n) is 10.1. The fraction of sp³-hybridized carbons (Fsp3) is 0.571. The molecule has 1 aromatic carbocycles. The maximum Gasteiger partial charge on any atom is 0.313 e. The van der Waals surface area contributed by atoms with Crippen LogP contribution in [-0.2, 0) is 9.53 Å². The fourth-order valence-electron chi connectivity index (χ4n) is 5.32. The summed E-state index contributed by atoms with van der Waals surface area (Å²) in [5.41, 5.74) is 1.48. The number of fused-ring (bicyclic) bond motifs is 2. The molecule has 0 spiro atoms. The normalized spacial score (nSPS) is 27.4. The Bertz CT molecular complexity index is 880. The number of anilines is 2. The Kier molecular flexibility index (Phi) is 3.95. The van der Waals surface area contributed by atoms with Crippen LogP contribution in [0.5, 0.6) is 0 Å². The Labute approximate surface area is 159 Å². The number of carbonyl (C=O) groups is 1. The molecule has 1 saturated carbocycles. The van der Waals surface area contributed by atoms with Crippen LogP contribution in [0.25, 0.3) is 11.0 Å². The van der Waals surface area contributed by atoms with Crippen molar-refractivity contribution in [3.8, 4) is 0 Å². The van der Waals surface area contributed by atoms with Crippen molar-refractivity contribution in [3.63, 3.8) is 0 Å². The number of benzene rings is 1. The lowest BCUT2D eigenvalue weighted by Gasteiger charge is -2.28. The number of esters is 1. The molecule has 2 aliphatic heterocycles. The summed E-state index contributed by atoms with van der Waals surface area (Å²) in [6, 6.07) is 8.06. The second-order valence-electron chi connectivity index (χ2n) is 8.17. The molecule has 0 amide bonds. The Morgan fingerprint density at radius 2 is 1.74 bits per heavy atom. The molecule has 2 unspecified atom stereocenters. The van der Waals surface area contributed by atoms with Crippen LogP contribution in [0.4, 0.5) is 11.6 Å². The summed E-state index contributed by atoms with van der Waals surface area (Å²) < 4.78 is 5.21. The zero-order chi connectivity index (χ0) is 18.4. The van der Waals surface area contributed by atoms with Gasteiger partial charge in [-0.3, -0.25) is 4.79 Å². The summed E-state index contributed by atoms with van der Waals surface area (Å²) in [5.74, 6) is 2.22. The maximum absolute atomic E-state index is 12.7. The summed E-state index contributed by atoms with van der Waals surface area (Å²) in [4.78, 5) is 27.3. The second kappa shape index (κ2) is 6.36. The average Bonchev–Trinajstić information content (AvgIpc) is 3.42. The number of para-hydroxylation sites is 2. The molecule has 2 atom stereocenters. The first-order chi connectivity index (χ1) is 13.2. The van der Waals surface area contributed by atoms with Crippen LogP contribution in [0.15, 0.2) is 24.3 Å². The molecule has 3 heterocycles. The van der Waals surface area contributed by atoms with Gasteiger partial charge in [-0.1, -0.05) is 18.6 Å². The van der Waals surface area contributed by atoms with Gasteiger partial charge in [-0.05, 0) is 43.7 Å². The van der Waals surface area contributed by atoms with E-state index in [1.165, 1.54) is 20.0 Å². The number of aromatic nitrogens is 2. The molecular formula is C21H26N4O2. The molecule has 142 valence electrons. The predicted octanol–water partition coefficient (Wildman–Crippen LogP) is 3.01. The minimum Gasteiger partial charge on any atom is -0.469 e. The molecule has 0 radical (unpaired) electrons. The van der Waals surface area contributed by atoms with E-state index in [1.54, 1.807) is 0 Å². The molecule has 1 aromatic heterocycles. The average molecular weight is 366 g/mol. The summed E-state index contributed by atoms with van der Waals surface area (Å²) in [7, 11) is 1.51. The maximum atomic E-state index is 12.7. The van der Waals surface area contributed by atoms with Crippen molar-refractivity contribution in [2.24, 2.45) is 11.3 Å². The smallest absolute Gasteiger partial charge is 0.313 e. The van der Waals surface area contributed by atoms with E-state index in [1.807, 2.05) is 24.3 Å². The molecule has 3 fully saturated rings. The van der Waals surface area contributed by atoms with E-state index in [9.17, 15) is 4.79 Å². The van der Waals surface area contributed by atoms with Gasteiger partial charge in [0.15, 0.2) is 11.6 Å². The zero-order valence-electron chi connectivity index (χ0n) is 15.9. The molecule has 6 nitrogen and oxygen atoms in total. The van der Waals surface area contributed by atoms with Crippen LogP contribution in [0.3, 0.4) is 0 Å². The molecule has 6 heteroatoms. The minimum absolute atomic E-state index is 0.0519. The van der Waals surface area contributed by atoms with E-state index in [4.69, 9.17) is 14.7 Å². The number of nitrogens with zero attached hydrogens (tertiary/aromatic N) is 4. The van der Waals surface area contributed by atoms with Gasteiger partial charge < -0.3 is 14.5 Å². The van der Waals surface area contributed by atoms with Crippen LogP contribution in [0.1, 0.15) is 32.1 Å². The van der Waals surface area contributed by atoms with E-state index in [0.29, 0.717) is 12.5 Å². The molecule has 1 aliphatic carbocycles. The van der Waals surface area contributed by atoms with E-state index < -0.39 is 0 Å². The number of carbonyl (C=O) groups excluding carboxylic acids is 1. The Hall–Kier alpha value is -2.37. The van der Waals surface area contributed by atoms with Gasteiger partial charge in [-0.15, -0.1) is 0 Å². The highest BCUT2D eigenvalue weighted by atomic mass is 16.5. The molecule has 0 N–H and O–H groups in total. The highest BCUT2D eigenvalue weighted by Gasteiger charge is 2.56.